The van der Waals surface area contributed by atoms with E-state index >= 15 is 0 Å². The van der Waals surface area contributed by atoms with E-state index in [1.54, 1.807) is 0 Å². The van der Waals surface area contributed by atoms with Crippen molar-refractivity contribution in [2.75, 3.05) is 5.32 Å². The highest BCUT2D eigenvalue weighted by Crippen LogP contribution is 2.12. The van der Waals surface area contributed by atoms with Gasteiger partial charge in [-0.3, -0.25) is 4.79 Å². The van der Waals surface area contributed by atoms with Crippen LogP contribution < -0.4 is 10.6 Å². The lowest BCUT2D eigenvalue weighted by Gasteiger charge is -2.29. The van der Waals surface area contributed by atoms with Gasteiger partial charge in [-0.2, -0.15) is 0 Å². The van der Waals surface area contributed by atoms with Crippen molar-refractivity contribution in [3.05, 3.63) is 30.3 Å². The van der Waals surface area contributed by atoms with Crippen molar-refractivity contribution >= 4 is 11.6 Å². The molecule has 1 amide bonds. The second kappa shape index (κ2) is 6.55. The van der Waals surface area contributed by atoms with Crippen LogP contribution in [0.2, 0.25) is 0 Å². The number of hydrogen-bond donors (Lipinski definition) is 2. The molecule has 0 heterocycles. The number of benzene rings is 1. The summed E-state index contributed by atoms with van der Waals surface area (Å²) < 4.78 is 0. The van der Waals surface area contributed by atoms with E-state index in [0.29, 0.717) is 0 Å². The van der Waals surface area contributed by atoms with Gasteiger partial charge in [0.1, 0.15) is 0 Å². The summed E-state index contributed by atoms with van der Waals surface area (Å²) in [5.41, 5.74) is 0.826. The van der Waals surface area contributed by atoms with E-state index in [4.69, 9.17) is 0 Å². The van der Waals surface area contributed by atoms with Gasteiger partial charge in [0.25, 0.3) is 0 Å². The van der Waals surface area contributed by atoms with Crippen LogP contribution >= 0.6 is 0 Å². The van der Waals surface area contributed by atoms with Gasteiger partial charge in [-0.05, 0) is 39.3 Å². The van der Waals surface area contributed by atoms with Gasteiger partial charge in [0.2, 0.25) is 5.91 Å². The Morgan fingerprint density at radius 3 is 2.44 bits per heavy atom. The van der Waals surface area contributed by atoms with Crippen molar-refractivity contribution in [2.45, 2.75) is 52.1 Å². The smallest absolute Gasteiger partial charge is 0.241 e. The Bertz CT molecular complexity index is 373. The molecule has 2 N–H and O–H groups in total. The number of nitrogens with one attached hydrogen (secondary N) is 2. The van der Waals surface area contributed by atoms with E-state index in [1.807, 2.05) is 37.3 Å². The van der Waals surface area contributed by atoms with Crippen LogP contribution in [-0.4, -0.2) is 17.5 Å². The van der Waals surface area contributed by atoms with Crippen LogP contribution in [0.5, 0.6) is 0 Å². The fraction of sp³-hybridized carbons (Fsp3) is 0.533. The Labute approximate surface area is 110 Å². The first-order valence-corrected chi connectivity index (χ1v) is 6.58. The number of carbonyl (C=O) groups excluding carboxylic acids is 1. The third-order valence-electron chi connectivity index (χ3n) is 2.92. The topological polar surface area (TPSA) is 41.1 Å². The highest BCUT2D eigenvalue weighted by Gasteiger charge is 2.22. The number of hydrogen-bond acceptors (Lipinski definition) is 2. The van der Waals surface area contributed by atoms with Crippen LogP contribution in [0, 0.1) is 0 Å². The quantitative estimate of drug-likeness (QED) is 0.812. The first-order valence-electron chi connectivity index (χ1n) is 6.58. The Kier molecular flexibility index (Phi) is 5.35. The fourth-order valence-electron chi connectivity index (χ4n) is 2.12. The molecule has 1 aromatic carbocycles. The van der Waals surface area contributed by atoms with Crippen LogP contribution in [0.4, 0.5) is 5.69 Å². The van der Waals surface area contributed by atoms with E-state index in [2.05, 4.69) is 31.4 Å². The maximum Gasteiger partial charge on any atom is 0.241 e. The van der Waals surface area contributed by atoms with Gasteiger partial charge >= 0.3 is 0 Å². The third-order valence-corrected chi connectivity index (χ3v) is 2.92. The highest BCUT2D eigenvalue weighted by molar-refractivity contribution is 5.94. The maximum atomic E-state index is 12.0. The average Bonchev–Trinajstić information content (AvgIpc) is 2.29. The van der Waals surface area contributed by atoms with Gasteiger partial charge in [-0.15, -0.1) is 0 Å². The predicted molar refractivity (Wildman–Crippen MR) is 76.7 cm³/mol. The molecule has 0 radical (unpaired) electrons. The molecule has 0 saturated heterocycles. The molecule has 0 fully saturated rings. The van der Waals surface area contributed by atoms with Crippen molar-refractivity contribution < 1.29 is 4.79 Å². The van der Waals surface area contributed by atoms with Gasteiger partial charge in [0, 0.05) is 11.2 Å². The zero-order valence-electron chi connectivity index (χ0n) is 11.8. The average molecular weight is 248 g/mol. The van der Waals surface area contributed by atoms with Crippen molar-refractivity contribution in [3.8, 4) is 0 Å². The molecule has 0 aliphatic carbocycles. The first kappa shape index (κ1) is 14.7. The van der Waals surface area contributed by atoms with Gasteiger partial charge in [0.15, 0.2) is 0 Å². The van der Waals surface area contributed by atoms with Crippen LogP contribution in [0.3, 0.4) is 0 Å². The molecular formula is C15H24N2O. The summed E-state index contributed by atoms with van der Waals surface area (Å²) >= 11 is 0. The molecule has 3 heteroatoms. The van der Waals surface area contributed by atoms with E-state index in [-0.39, 0.29) is 17.5 Å². The molecule has 3 nitrogen and oxygen atoms in total. The number of carbonyl (C=O) groups is 1. The molecule has 0 bridgehead atoms. The lowest BCUT2D eigenvalue weighted by molar-refractivity contribution is -0.118. The largest absolute Gasteiger partial charge is 0.325 e. The molecule has 100 valence electrons. The Morgan fingerprint density at radius 1 is 1.28 bits per heavy atom. The van der Waals surface area contributed by atoms with E-state index < -0.39 is 0 Å². The third kappa shape index (κ3) is 4.88. The molecule has 1 atom stereocenters. The molecule has 0 spiro atoms. The summed E-state index contributed by atoms with van der Waals surface area (Å²) in [6, 6.07) is 9.33. The Balaban J connectivity index is 2.52. The lowest BCUT2D eigenvalue weighted by atomic mass is 9.97. The zero-order chi connectivity index (χ0) is 13.6. The Morgan fingerprint density at radius 2 is 1.89 bits per heavy atom. The monoisotopic (exact) mass is 248 g/mol. The van der Waals surface area contributed by atoms with Crippen molar-refractivity contribution in [1.29, 1.82) is 0 Å². The molecule has 1 unspecified atom stereocenters. The minimum Gasteiger partial charge on any atom is -0.325 e. The molecule has 0 aliphatic heterocycles. The fourth-order valence-corrected chi connectivity index (χ4v) is 2.12. The minimum absolute atomic E-state index is 0.00498. The summed E-state index contributed by atoms with van der Waals surface area (Å²) in [6.07, 6.45) is 2.16. The van der Waals surface area contributed by atoms with Gasteiger partial charge < -0.3 is 10.6 Å². The summed E-state index contributed by atoms with van der Waals surface area (Å²) in [5.74, 6) is 0.00498. The van der Waals surface area contributed by atoms with Crippen LogP contribution in [0.1, 0.15) is 40.5 Å². The van der Waals surface area contributed by atoms with E-state index in [9.17, 15) is 4.79 Å². The number of rotatable bonds is 6. The first-order chi connectivity index (χ1) is 8.44. The summed E-state index contributed by atoms with van der Waals surface area (Å²) in [4.78, 5) is 12.0. The van der Waals surface area contributed by atoms with Crippen LogP contribution in [0.15, 0.2) is 30.3 Å². The molecule has 0 aliphatic rings. The lowest BCUT2D eigenvalue weighted by Crippen LogP contribution is -2.49. The van der Waals surface area contributed by atoms with Crippen molar-refractivity contribution in [2.24, 2.45) is 0 Å². The van der Waals surface area contributed by atoms with E-state index in [1.165, 1.54) is 0 Å². The standard InChI is InChI=1S/C15H24N2O/c1-5-11-15(3,4)17-12(2)14(18)16-13-9-7-6-8-10-13/h6-10,12,17H,5,11H2,1-4H3,(H,16,18). The minimum atomic E-state index is -0.202. The summed E-state index contributed by atoms with van der Waals surface area (Å²) in [7, 11) is 0. The SMILES string of the molecule is CCCC(C)(C)NC(C)C(=O)Nc1ccccc1. The van der Waals surface area contributed by atoms with Gasteiger partial charge in [-0.25, -0.2) is 0 Å². The highest BCUT2D eigenvalue weighted by atomic mass is 16.2. The van der Waals surface area contributed by atoms with Gasteiger partial charge in [-0.1, -0.05) is 31.5 Å². The molecular weight excluding hydrogens is 224 g/mol. The summed E-state index contributed by atoms with van der Waals surface area (Å²) in [5, 5.41) is 6.27. The zero-order valence-corrected chi connectivity index (χ0v) is 11.8. The van der Waals surface area contributed by atoms with Crippen LogP contribution in [-0.2, 0) is 4.79 Å². The molecule has 0 saturated carbocycles. The predicted octanol–water partition coefficient (Wildman–Crippen LogP) is 3.18. The van der Waals surface area contributed by atoms with Crippen LogP contribution in [0.25, 0.3) is 0 Å². The molecule has 1 aromatic rings. The number of anilines is 1. The second-order valence-corrected chi connectivity index (χ2v) is 5.36. The van der Waals surface area contributed by atoms with Crippen molar-refractivity contribution in [3.63, 3.8) is 0 Å². The van der Waals surface area contributed by atoms with E-state index in [0.717, 1.165) is 18.5 Å². The molecule has 18 heavy (non-hydrogen) atoms. The molecule has 1 rings (SSSR count). The number of para-hydroxylation sites is 1. The maximum absolute atomic E-state index is 12.0. The molecule has 0 aromatic heterocycles. The Hall–Kier alpha value is -1.35. The summed E-state index contributed by atoms with van der Waals surface area (Å²) in [6.45, 7) is 8.30. The van der Waals surface area contributed by atoms with Gasteiger partial charge in [0.05, 0.1) is 6.04 Å². The normalized spacial score (nSPS) is 13.1. The van der Waals surface area contributed by atoms with Crippen molar-refractivity contribution in [1.82, 2.24) is 5.32 Å². The second-order valence-electron chi connectivity index (χ2n) is 5.36. The number of amides is 1.